The fraction of sp³-hybridized carbons (Fsp3) is 0.882. The molecule has 0 spiro atoms. The van der Waals surface area contributed by atoms with Crippen molar-refractivity contribution in [3.63, 3.8) is 0 Å². The van der Waals surface area contributed by atoms with Gasteiger partial charge in [0.15, 0.2) is 0 Å². The van der Waals surface area contributed by atoms with E-state index in [4.69, 9.17) is 4.18 Å². The van der Waals surface area contributed by atoms with Gasteiger partial charge in [0.05, 0.1) is 12.9 Å². The van der Waals surface area contributed by atoms with Crippen LogP contribution in [0.4, 0.5) is 0 Å². The molecule has 126 valence electrons. The molecule has 0 aliphatic heterocycles. The van der Waals surface area contributed by atoms with Gasteiger partial charge in [-0.05, 0) is 32.1 Å². The summed E-state index contributed by atoms with van der Waals surface area (Å²) in [6, 6.07) is 0. The predicted molar refractivity (Wildman–Crippen MR) is 91.0 cm³/mol. The van der Waals surface area contributed by atoms with Gasteiger partial charge in [-0.1, -0.05) is 64.0 Å². The van der Waals surface area contributed by atoms with Crippen LogP contribution in [-0.2, 0) is 14.3 Å². The summed E-state index contributed by atoms with van der Waals surface area (Å²) in [7, 11) is -3.25. The van der Waals surface area contributed by atoms with Gasteiger partial charge in [-0.25, -0.2) is 0 Å². The summed E-state index contributed by atoms with van der Waals surface area (Å²) >= 11 is 0. The van der Waals surface area contributed by atoms with Crippen LogP contribution in [0.5, 0.6) is 0 Å². The number of hydrogen-bond acceptors (Lipinski definition) is 3. The molecule has 0 bridgehead atoms. The van der Waals surface area contributed by atoms with Gasteiger partial charge in [-0.3, -0.25) is 4.18 Å². The van der Waals surface area contributed by atoms with Crippen LogP contribution in [0, 0.1) is 0 Å². The summed E-state index contributed by atoms with van der Waals surface area (Å²) in [6.45, 7) is 2.58. The van der Waals surface area contributed by atoms with Crippen LogP contribution in [0.2, 0.25) is 0 Å². The van der Waals surface area contributed by atoms with E-state index in [1.807, 2.05) is 0 Å². The Morgan fingerprint density at radius 1 is 0.762 bits per heavy atom. The average molecular weight is 319 g/mol. The van der Waals surface area contributed by atoms with Crippen molar-refractivity contribution in [2.75, 3.05) is 12.9 Å². The zero-order valence-electron chi connectivity index (χ0n) is 14.0. The molecule has 0 aliphatic carbocycles. The minimum atomic E-state index is -3.25. The Hall–Kier alpha value is -0.350. The molecular formula is C17H34O3S. The third kappa shape index (κ3) is 19.6. The fourth-order valence-corrected chi connectivity index (χ4v) is 2.63. The van der Waals surface area contributed by atoms with E-state index >= 15 is 0 Å². The van der Waals surface area contributed by atoms with Gasteiger partial charge in [0, 0.05) is 0 Å². The maximum atomic E-state index is 10.7. The van der Waals surface area contributed by atoms with E-state index in [9.17, 15) is 8.42 Å². The first kappa shape index (κ1) is 20.6. The van der Waals surface area contributed by atoms with Crippen molar-refractivity contribution in [3.8, 4) is 0 Å². The molecule has 0 aromatic heterocycles. The van der Waals surface area contributed by atoms with Gasteiger partial charge in [-0.2, -0.15) is 8.42 Å². The maximum absolute atomic E-state index is 10.7. The Kier molecular flexibility index (Phi) is 14.3. The Morgan fingerprint density at radius 3 is 1.76 bits per heavy atom. The molecule has 0 heterocycles. The van der Waals surface area contributed by atoms with Crippen molar-refractivity contribution in [3.05, 3.63) is 12.2 Å². The van der Waals surface area contributed by atoms with Crippen molar-refractivity contribution in [1.82, 2.24) is 0 Å². The van der Waals surface area contributed by atoms with Crippen LogP contribution in [0.3, 0.4) is 0 Å². The zero-order valence-corrected chi connectivity index (χ0v) is 14.8. The molecular weight excluding hydrogens is 284 g/mol. The van der Waals surface area contributed by atoms with Crippen molar-refractivity contribution >= 4 is 10.1 Å². The van der Waals surface area contributed by atoms with Gasteiger partial charge in [0.25, 0.3) is 10.1 Å². The SMILES string of the molecule is CCCCCCC=CCCCCCCCCOS(C)(=O)=O. The van der Waals surface area contributed by atoms with E-state index in [1.54, 1.807) is 0 Å². The highest BCUT2D eigenvalue weighted by Gasteiger charge is 2.00. The first-order valence-electron chi connectivity index (χ1n) is 8.55. The molecule has 0 fully saturated rings. The summed E-state index contributed by atoms with van der Waals surface area (Å²) in [5, 5.41) is 0. The van der Waals surface area contributed by atoms with E-state index in [2.05, 4.69) is 19.1 Å². The summed E-state index contributed by atoms with van der Waals surface area (Å²) < 4.78 is 26.2. The first-order chi connectivity index (χ1) is 10.1. The summed E-state index contributed by atoms with van der Waals surface area (Å²) in [5.74, 6) is 0. The van der Waals surface area contributed by atoms with Gasteiger partial charge in [0.1, 0.15) is 0 Å². The van der Waals surface area contributed by atoms with Crippen LogP contribution in [0.15, 0.2) is 12.2 Å². The molecule has 0 unspecified atom stereocenters. The van der Waals surface area contributed by atoms with Gasteiger partial charge in [0.2, 0.25) is 0 Å². The molecule has 0 radical (unpaired) electrons. The standard InChI is InChI=1S/C17H34O3S/c1-3-4-5-6-7-8-9-10-11-12-13-14-15-16-17-20-21(2,18)19/h8-9H,3-7,10-17H2,1-2H3. The van der Waals surface area contributed by atoms with Crippen LogP contribution in [-0.4, -0.2) is 21.3 Å². The summed E-state index contributed by atoms with van der Waals surface area (Å²) in [4.78, 5) is 0. The van der Waals surface area contributed by atoms with Crippen LogP contribution >= 0.6 is 0 Å². The molecule has 0 saturated carbocycles. The molecule has 0 aromatic carbocycles. The predicted octanol–water partition coefficient (Wildman–Crippen LogP) is 5.22. The third-order valence-corrected chi connectivity index (χ3v) is 4.05. The molecule has 0 aromatic rings. The molecule has 0 aliphatic rings. The number of rotatable bonds is 15. The highest BCUT2D eigenvalue weighted by Crippen LogP contribution is 2.09. The minimum Gasteiger partial charge on any atom is -0.270 e. The molecule has 21 heavy (non-hydrogen) atoms. The molecule has 0 amide bonds. The number of unbranched alkanes of at least 4 members (excludes halogenated alkanes) is 10. The van der Waals surface area contributed by atoms with Crippen LogP contribution < -0.4 is 0 Å². The smallest absolute Gasteiger partial charge is 0.264 e. The Morgan fingerprint density at radius 2 is 1.24 bits per heavy atom. The quantitative estimate of drug-likeness (QED) is 0.236. The fourth-order valence-electron chi connectivity index (χ4n) is 2.21. The van der Waals surface area contributed by atoms with Crippen molar-refractivity contribution in [2.24, 2.45) is 0 Å². The molecule has 0 N–H and O–H groups in total. The largest absolute Gasteiger partial charge is 0.270 e. The van der Waals surface area contributed by atoms with Gasteiger partial charge < -0.3 is 0 Å². The monoisotopic (exact) mass is 318 g/mol. The third-order valence-electron chi connectivity index (χ3n) is 3.45. The number of allylic oxidation sites excluding steroid dienone is 2. The van der Waals surface area contributed by atoms with E-state index in [1.165, 1.54) is 64.2 Å². The average Bonchev–Trinajstić information content (AvgIpc) is 2.42. The topological polar surface area (TPSA) is 43.4 Å². The lowest BCUT2D eigenvalue weighted by Gasteiger charge is -2.01. The second-order valence-corrected chi connectivity index (χ2v) is 7.40. The molecule has 0 atom stereocenters. The first-order valence-corrected chi connectivity index (χ1v) is 10.4. The molecule has 0 rings (SSSR count). The van der Waals surface area contributed by atoms with Crippen LogP contribution in [0.25, 0.3) is 0 Å². The lowest BCUT2D eigenvalue weighted by atomic mass is 10.1. The van der Waals surface area contributed by atoms with Crippen molar-refractivity contribution in [2.45, 2.75) is 84.0 Å². The van der Waals surface area contributed by atoms with Crippen molar-refractivity contribution < 1.29 is 12.6 Å². The Balaban J connectivity index is 3.13. The van der Waals surface area contributed by atoms with E-state index < -0.39 is 10.1 Å². The van der Waals surface area contributed by atoms with Crippen LogP contribution in [0.1, 0.15) is 84.0 Å². The van der Waals surface area contributed by atoms with Crippen molar-refractivity contribution in [1.29, 1.82) is 0 Å². The molecule has 3 nitrogen and oxygen atoms in total. The maximum Gasteiger partial charge on any atom is 0.264 e. The summed E-state index contributed by atoms with van der Waals surface area (Å²) in [5.41, 5.74) is 0. The lowest BCUT2D eigenvalue weighted by molar-refractivity contribution is 0.309. The van der Waals surface area contributed by atoms with E-state index in [0.29, 0.717) is 6.61 Å². The van der Waals surface area contributed by atoms with E-state index in [0.717, 1.165) is 19.1 Å². The Labute approximate surface area is 132 Å². The van der Waals surface area contributed by atoms with E-state index in [-0.39, 0.29) is 0 Å². The number of hydrogen-bond donors (Lipinski definition) is 0. The summed E-state index contributed by atoms with van der Waals surface area (Å²) in [6.07, 6.45) is 20.4. The highest BCUT2D eigenvalue weighted by molar-refractivity contribution is 7.85. The molecule has 4 heteroatoms. The second-order valence-electron chi connectivity index (χ2n) is 5.76. The second kappa shape index (κ2) is 14.6. The molecule has 0 saturated heterocycles. The van der Waals surface area contributed by atoms with Gasteiger partial charge >= 0.3 is 0 Å². The Bertz CT molecular complexity index is 334. The minimum absolute atomic E-state index is 0.333. The lowest BCUT2D eigenvalue weighted by Crippen LogP contribution is -2.03. The normalized spacial score (nSPS) is 12.3. The van der Waals surface area contributed by atoms with Gasteiger partial charge in [-0.15, -0.1) is 0 Å². The highest BCUT2D eigenvalue weighted by atomic mass is 32.2. The zero-order chi connectivity index (χ0) is 15.8.